The Balaban J connectivity index is 0.00000180. The molecule has 0 fully saturated rings. The first kappa shape index (κ1) is 17.3. The lowest BCUT2D eigenvalue weighted by Gasteiger charge is -2.04. The topological polar surface area (TPSA) is 53.3 Å². The molecule has 0 saturated heterocycles. The number of nitrogens with zero attached hydrogens (tertiary/aromatic N) is 2. The van der Waals surface area contributed by atoms with Gasteiger partial charge in [0.2, 0.25) is 0 Å². The van der Waals surface area contributed by atoms with Gasteiger partial charge in [0.25, 0.3) is 0 Å². The van der Waals surface area contributed by atoms with E-state index in [1.165, 1.54) is 5.39 Å². The van der Waals surface area contributed by atoms with Crippen LogP contribution in [0.5, 0.6) is 0 Å². The van der Waals surface area contributed by atoms with E-state index in [2.05, 4.69) is 46.0 Å². The Hall–Kier alpha value is -3.08. The van der Waals surface area contributed by atoms with Gasteiger partial charge in [0.1, 0.15) is 5.65 Å². The van der Waals surface area contributed by atoms with E-state index in [0.29, 0.717) is 0 Å². The minimum atomic E-state index is 0. The molecule has 2 N–H and O–H groups in total. The van der Waals surface area contributed by atoms with E-state index in [9.17, 15) is 5.11 Å². The van der Waals surface area contributed by atoms with Crippen LogP contribution in [0.2, 0.25) is 0 Å². The summed E-state index contributed by atoms with van der Waals surface area (Å²) in [6.07, 6.45) is 6.15. The molecule has 0 aliphatic carbocycles. The molecule has 4 nitrogen and oxygen atoms in total. The summed E-state index contributed by atoms with van der Waals surface area (Å²) in [6, 6.07) is 20.3. The number of H-pyrrole nitrogens is 1. The molecule has 2 aromatic carbocycles. The van der Waals surface area contributed by atoms with E-state index < -0.39 is 0 Å². The number of aromatic nitrogens is 3. The van der Waals surface area contributed by atoms with Gasteiger partial charge in [0.15, 0.2) is 0 Å². The van der Waals surface area contributed by atoms with Crippen molar-refractivity contribution in [3.05, 3.63) is 84.8 Å². The van der Waals surface area contributed by atoms with Crippen LogP contribution in [0.1, 0.15) is 5.56 Å². The molecule has 0 bridgehead atoms. The first-order chi connectivity index (χ1) is 12.8. The van der Waals surface area contributed by atoms with Crippen molar-refractivity contribution in [2.24, 2.45) is 0 Å². The highest BCUT2D eigenvalue weighted by atomic mass is 35.5. The monoisotopic (exact) mass is 375 g/mol. The Kier molecular flexibility index (Phi) is 4.44. The molecule has 5 heteroatoms. The number of imidazole rings is 1. The smallest absolute Gasteiger partial charge is 0.137 e. The Morgan fingerprint density at radius 2 is 1.81 bits per heavy atom. The molecule has 134 valence electrons. The third-order valence-electron chi connectivity index (χ3n) is 4.76. The maximum absolute atomic E-state index is 9.36. The second kappa shape index (κ2) is 6.91. The van der Waals surface area contributed by atoms with Gasteiger partial charge in [-0.25, -0.2) is 4.98 Å². The highest BCUT2D eigenvalue weighted by molar-refractivity contribution is 5.94. The van der Waals surface area contributed by atoms with Gasteiger partial charge in [-0.2, -0.15) is 0 Å². The first-order valence-electron chi connectivity index (χ1n) is 8.57. The Morgan fingerprint density at radius 3 is 2.70 bits per heavy atom. The Labute approximate surface area is 162 Å². The lowest BCUT2D eigenvalue weighted by molar-refractivity contribution is 0.282. The van der Waals surface area contributed by atoms with Gasteiger partial charge >= 0.3 is 0 Å². The van der Waals surface area contributed by atoms with E-state index in [4.69, 9.17) is 4.98 Å². The van der Waals surface area contributed by atoms with Crippen molar-refractivity contribution >= 4 is 29.0 Å². The van der Waals surface area contributed by atoms with Crippen LogP contribution in [0.3, 0.4) is 0 Å². The quantitative estimate of drug-likeness (QED) is 0.463. The summed E-state index contributed by atoms with van der Waals surface area (Å²) in [4.78, 5) is 8.08. The van der Waals surface area contributed by atoms with Crippen molar-refractivity contribution in [1.82, 2.24) is 14.4 Å². The molecule has 3 heterocycles. The summed E-state index contributed by atoms with van der Waals surface area (Å²) in [5, 5.41) is 10.5. The molecule has 5 rings (SSSR count). The van der Waals surface area contributed by atoms with E-state index in [1.54, 1.807) is 0 Å². The summed E-state index contributed by atoms with van der Waals surface area (Å²) in [5.41, 5.74) is 7.16. The van der Waals surface area contributed by atoms with Gasteiger partial charge in [0.05, 0.1) is 12.3 Å². The molecule has 0 amide bonds. The zero-order valence-electron chi connectivity index (χ0n) is 14.5. The number of hydrogen-bond donors (Lipinski definition) is 2. The number of aromatic amines is 1. The number of para-hydroxylation sites is 1. The summed E-state index contributed by atoms with van der Waals surface area (Å²) in [5.74, 6) is 0. The second-order valence-corrected chi connectivity index (χ2v) is 6.42. The summed E-state index contributed by atoms with van der Waals surface area (Å²) in [7, 11) is 0. The minimum absolute atomic E-state index is 0. The fraction of sp³-hybridized carbons (Fsp3) is 0.0455. The summed E-state index contributed by atoms with van der Waals surface area (Å²) < 4.78 is 2.05. The SMILES string of the molecule is Cl.OCc1cccc(-c2ccc3nc(-c4c[nH]c5ccccc45)cn3c2)c1. The van der Waals surface area contributed by atoms with Crippen LogP contribution in [-0.2, 0) is 6.61 Å². The number of rotatable bonds is 3. The van der Waals surface area contributed by atoms with Crippen molar-refractivity contribution in [3.8, 4) is 22.4 Å². The predicted molar refractivity (Wildman–Crippen MR) is 111 cm³/mol. The molecule has 0 spiro atoms. The number of benzene rings is 2. The first-order valence-corrected chi connectivity index (χ1v) is 8.57. The molecule has 5 aromatic rings. The third kappa shape index (κ3) is 2.99. The number of fused-ring (bicyclic) bond motifs is 2. The van der Waals surface area contributed by atoms with Crippen LogP contribution in [0, 0.1) is 0 Å². The van der Waals surface area contributed by atoms with Crippen molar-refractivity contribution in [2.45, 2.75) is 6.61 Å². The minimum Gasteiger partial charge on any atom is -0.392 e. The third-order valence-corrected chi connectivity index (χ3v) is 4.76. The number of aliphatic hydroxyl groups is 1. The Bertz CT molecular complexity index is 1240. The van der Waals surface area contributed by atoms with E-state index in [1.807, 2.05) is 42.6 Å². The standard InChI is InChI=1S/C22H17N3O.ClH/c26-14-15-4-3-5-16(10-15)17-8-9-22-24-21(13-25(22)12-17)19-11-23-20-7-2-1-6-18(19)20;/h1-13,23,26H,14H2;1H. The maximum atomic E-state index is 9.36. The van der Waals surface area contributed by atoms with Gasteiger partial charge < -0.3 is 14.5 Å². The summed E-state index contributed by atoms with van der Waals surface area (Å²) >= 11 is 0. The molecule has 0 saturated carbocycles. The van der Waals surface area contributed by atoms with Crippen molar-refractivity contribution in [1.29, 1.82) is 0 Å². The molecular weight excluding hydrogens is 358 g/mol. The molecule has 0 aliphatic rings. The van der Waals surface area contributed by atoms with Gasteiger partial charge in [0, 0.05) is 35.1 Å². The fourth-order valence-electron chi connectivity index (χ4n) is 3.43. The van der Waals surface area contributed by atoms with Crippen molar-refractivity contribution < 1.29 is 5.11 Å². The summed E-state index contributed by atoms with van der Waals surface area (Å²) in [6.45, 7) is 0.0475. The van der Waals surface area contributed by atoms with Crippen LogP contribution in [-0.4, -0.2) is 19.5 Å². The van der Waals surface area contributed by atoms with Crippen LogP contribution in [0.25, 0.3) is 38.9 Å². The van der Waals surface area contributed by atoms with Crippen molar-refractivity contribution in [2.75, 3.05) is 0 Å². The van der Waals surface area contributed by atoms with Crippen LogP contribution >= 0.6 is 12.4 Å². The van der Waals surface area contributed by atoms with Gasteiger partial charge in [-0.05, 0) is 41.0 Å². The fourth-order valence-corrected chi connectivity index (χ4v) is 3.43. The normalized spacial score (nSPS) is 11.0. The maximum Gasteiger partial charge on any atom is 0.137 e. The number of hydrogen-bond acceptors (Lipinski definition) is 2. The molecule has 0 atom stereocenters. The molecule has 0 unspecified atom stereocenters. The number of pyridine rings is 1. The molecule has 3 aromatic heterocycles. The molecule has 27 heavy (non-hydrogen) atoms. The van der Waals surface area contributed by atoms with Crippen molar-refractivity contribution in [3.63, 3.8) is 0 Å². The average molecular weight is 376 g/mol. The molecule has 0 radical (unpaired) electrons. The highest BCUT2D eigenvalue weighted by Gasteiger charge is 2.10. The number of nitrogens with one attached hydrogen (secondary N) is 1. The number of halogens is 1. The average Bonchev–Trinajstić information content (AvgIpc) is 3.31. The lowest BCUT2D eigenvalue weighted by atomic mass is 10.1. The lowest BCUT2D eigenvalue weighted by Crippen LogP contribution is -1.87. The van der Waals surface area contributed by atoms with Gasteiger partial charge in [-0.3, -0.25) is 0 Å². The molecule has 0 aliphatic heterocycles. The Morgan fingerprint density at radius 1 is 0.926 bits per heavy atom. The van der Waals surface area contributed by atoms with Crippen LogP contribution < -0.4 is 0 Å². The van der Waals surface area contributed by atoms with Crippen LogP contribution in [0.4, 0.5) is 0 Å². The van der Waals surface area contributed by atoms with Gasteiger partial charge in [-0.15, -0.1) is 12.4 Å². The van der Waals surface area contributed by atoms with Crippen LogP contribution in [0.15, 0.2) is 79.3 Å². The molecular formula is C22H18ClN3O. The van der Waals surface area contributed by atoms with Gasteiger partial charge in [-0.1, -0.05) is 36.4 Å². The van der Waals surface area contributed by atoms with E-state index >= 15 is 0 Å². The largest absolute Gasteiger partial charge is 0.392 e. The number of aliphatic hydroxyl groups excluding tert-OH is 1. The van der Waals surface area contributed by atoms with E-state index in [0.717, 1.165) is 39.1 Å². The highest BCUT2D eigenvalue weighted by Crippen LogP contribution is 2.29. The predicted octanol–water partition coefficient (Wildman–Crippen LogP) is 5.06. The van der Waals surface area contributed by atoms with E-state index in [-0.39, 0.29) is 19.0 Å². The zero-order chi connectivity index (χ0) is 17.5. The second-order valence-electron chi connectivity index (χ2n) is 6.42. The zero-order valence-corrected chi connectivity index (χ0v) is 15.3.